The maximum atomic E-state index is 12.6. The van der Waals surface area contributed by atoms with Gasteiger partial charge in [0.2, 0.25) is 0 Å². The lowest BCUT2D eigenvalue weighted by Gasteiger charge is -2.15. The van der Waals surface area contributed by atoms with Crippen LogP contribution >= 0.6 is 21.4 Å². The van der Waals surface area contributed by atoms with E-state index in [1.165, 1.54) is 11.1 Å². The highest BCUT2D eigenvalue weighted by Crippen LogP contribution is 2.26. The van der Waals surface area contributed by atoms with E-state index in [0.717, 1.165) is 18.5 Å². The third-order valence-corrected chi connectivity index (χ3v) is 4.55. The molecule has 2 unspecified atom stereocenters. The van der Waals surface area contributed by atoms with Gasteiger partial charge in [-0.2, -0.15) is 3.89 Å². The quantitative estimate of drug-likeness (QED) is 0.668. The molecule has 0 fully saturated rings. The van der Waals surface area contributed by atoms with Gasteiger partial charge in [-0.25, -0.2) is 0 Å². The van der Waals surface area contributed by atoms with Crippen LogP contribution in [0.2, 0.25) is 0 Å². The Hall–Kier alpha value is -0.890. The second-order valence-electron chi connectivity index (χ2n) is 5.92. The summed E-state index contributed by atoms with van der Waals surface area (Å²) in [4.78, 5) is 0.643. The van der Waals surface area contributed by atoms with Crippen molar-refractivity contribution in [1.82, 2.24) is 5.32 Å². The molecule has 0 spiro atoms. The number of hydrogen-bond acceptors (Lipinski definition) is 2. The first-order valence-electron chi connectivity index (χ1n) is 7.54. The minimum Gasteiger partial charge on any atom is -0.303 e. The number of benzene rings is 2. The molecule has 2 aromatic rings. The van der Waals surface area contributed by atoms with Crippen molar-refractivity contribution in [3.05, 3.63) is 65.2 Å². The van der Waals surface area contributed by atoms with Gasteiger partial charge in [0.05, 0.1) is 12.1 Å². The highest BCUT2D eigenvalue weighted by Gasteiger charge is 2.06. The Morgan fingerprint density at radius 1 is 1.09 bits per heavy atom. The van der Waals surface area contributed by atoms with Crippen LogP contribution in [0.1, 0.15) is 36.3 Å². The molecule has 2 aromatic carbocycles. The van der Waals surface area contributed by atoms with Gasteiger partial charge in [0.25, 0.3) is 0 Å². The summed E-state index contributed by atoms with van der Waals surface area (Å²) in [5, 5.41) is 3.46. The topological polar surface area (TPSA) is 12.0 Å². The Morgan fingerprint density at radius 2 is 1.77 bits per heavy atom. The van der Waals surface area contributed by atoms with Gasteiger partial charge in [-0.15, -0.1) is 9.24 Å². The van der Waals surface area contributed by atoms with Crippen LogP contribution in [0.15, 0.2) is 53.4 Å². The van der Waals surface area contributed by atoms with Crippen LogP contribution in [0.4, 0.5) is 3.89 Å². The summed E-state index contributed by atoms with van der Waals surface area (Å²) in [6.07, 6.45) is 1.12. The standard InChI is InChI=1S/C18H23FNPS/c1-13(2)10-14-6-8-15(9-7-14)12-20-18(21)16-4-3-5-17(11-16)22-19/h3-9,11,13,18,20H,10,12,21H2,1-2H3. The first-order chi connectivity index (χ1) is 10.6. The second kappa shape index (κ2) is 8.67. The molecule has 118 valence electrons. The zero-order chi connectivity index (χ0) is 15.9. The van der Waals surface area contributed by atoms with Crippen molar-refractivity contribution < 1.29 is 3.89 Å². The molecule has 0 aliphatic heterocycles. The highest BCUT2D eigenvalue weighted by molar-refractivity contribution is 7.94. The Bertz CT molecular complexity index is 586. The summed E-state index contributed by atoms with van der Waals surface area (Å²) >= 11 is 0.284. The van der Waals surface area contributed by atoms with Gasteiger partial charge in [0, 0.05) is 17.2 Å². The van der Waals surface area contributed by atoms with Crippen LogP contribution in [-0.4, -0.2) is 0 Å². The summed E-state index contributed by atoms with van der Waals surface area (Å²) < 4.78 is 12.6. The molecule has 0 aliphatic carbocycles. The van der Waals surface area contributed by atoms with Crippen molar-refractivity contribution >= 4 is 21.4 Å². The second-order valence-corrected chi connectivity index (χ2v) is 7.22. The molecule has 0 radical (unpaired) electrons. The molecule has 1 N–H and O–H groups in total. The van der Waals surface area contributed by atoms with Gasteiger partial charge in [0.1, 0.15) is 0 Å². The lowest BCUT2D eigenvalue weighted by Crippen LogP contribution is -2.15. The fourth-order valence-corrected chi connectivity index (χ4v) is 3.00. The highest BCUT2D eigenvalue weighted by atomic mass is 32.2. The molecule has 0 saturated carbocycles. The molecule has 0 bridgehead atoms. The fourth-order valence-electron chi connectivity index (χ4n) is 2.37. The molecule has 0 aliphatic rings. The molecule has 2 atom stereocenters. The van der Waals surface area contributed by atoms with Crippen LogP contribution in [0.5, 0.6) is 0 Å². The van der Waals surface area contributed by atoms with Crippen molar-refractivity contribution in [3.63, 3.8) is 0 Å². The van der Waals surface area contributed by atoms with Gasteiger partial charge in [-0.05, 0) is 41.2 Å². The Labute approximate surface area is 139 Å². The number of nitrogens with one attached hydrogen (secondary N) is 1. The first kappa shape index (κ1) is 17.5. The Balaban J connectivity index is 1.91. The molecule has 0 amide bonds. The lowest BCUT2D eigenvalue weighted by atomic mass is 10.0. The van der Waals surface area contributed by atoms with E-state index in [2.05, 4.69) is 52.7 Å². The molecular weight excluding hydrogens is 312 g/mol. The van der Waals surface area contributed by atoms with Crippen LogP contribution in [-0.2, 0) is 13.0 Å². The van der Waals surface area contributed by atoms with E-state index in [0.29, 0.717) is 10.8 Å². The molecule has 0 aromatic heterocycles. The smallest absolute Gasteiger partial charge is 0.0812 e. The zero-order valence-corrected chi connectivity index (χ0v) is 15.0. The molecule has 0 heterocycles. The van der Waals surface area contributed by atoms with Crippen molar-refractivity contribution in [2.24, 2.45) is 5.92 Å². The van der Waals surface area contributed by atoms with E-state index in [-0.39, 0.29) is 17.9 Å². The van der Waals surface area contributed by atoms with Gasteiger partial charge in [-0.3, -0.25) is 0 Å². The Kier molecular flexibility index (Phi) is 6.88. The van der Waals surface area contributed by atoms with Gasteiger partial charge in [0.15, 0.2) is 0 Å². The minimum absolute atomic E-state index is 0.113. The fraction of sp³-hybridized carbons (Fsp3) is 0.333. The predicted molar refractivity (Wildman–Crippen MR) is 97.7 cm³/mol. The van der Waals surface area contributed by atoms with E-state index in [1.54, 1.807) is 6.07 Å². The SMILES string of the molecule is CC(C)Cc1ccc(CNC(P)c2cccc(SF)c2)cc1. The number of halogens is 1. The Morgan fingerprint density at radius 3 is 2.41 bits per heavy atom. The largest absolute Gasteiger partial charge is 0.303 e. The summed E-state index contributed by atoms with van der Waals surface area (Å²) in [5.74, 6) is 0.795. The van der Waals surface area contributed by atoms with E-state index in [9.17, 15) is 3.89 Å². The third-order valence-electron chi connectivity index (χ3n) is 3.50. The average Bonchev–Trinajstić information content (AvgIpc) is 2.53. The molecular formula is C18H23FNPS. The molecule has 22 heavy (non-hydrogen) atoms. The van der Waals surface area contributed by atoms with E-state index < -0.39 is 0 Å². The predicted octanol–water partition coefficient (Wildman–Crippen LogP) is 5.53. The van der Waals surface area contributed by atoms with Crippen molar-refractivity contribution in [2.45, 2.75) is 37.5 Å². The molecule has 2 rings (SSSR count). The maximum absolute atomic E-state index is 12.6. The lowest BCUT2D eigenvalue weighted by molar-refractivity contribution is 0.646. The summed E-state index contributed by atoms with van der Waals surface area (Å²) in [5.41, 5.74) is 3.72. The molecule has 0 saturated heterocycles. The van der Waals surface area contributed by atoms with Crippen molar-refractivity contribution in [2.75, 3.05) is 0 Å². The van der Waals surface area contributed by atoms with Gasteiger partial charge < -0.3 is 5.32 Å². The first-order valence-corrected chi connectivity index (χ1v) is 8.92. The number of rotatable bonds is 7. The zero-order valence-electron chi connectivity index (χ0n) is 13.1. The molecule has 1 nitrogen and oxygen atoms in total. The summed E-state index contributed by atoms with van der Waals surface area (Å²) in [7, 11) is 2.78. The number of hydrogen-bond donors (Lipinski definition) is 1. The average molecular weight is 335 g/mol. The maximum Gasteiger partial charge on any atom is 0.0812 e. The van der Waals surface area contributed by atoms with Crippen LogP contribution in [0.3, 0.4) is 0 Å². The van der Waals surface area contributed by atoms with Crippen LogP contribution in [0, 0.1) is 5.92 Å². The normalized spacial score (nSPS) is 12.6. The van der Waals surface area contributed by atoms with Crippen LogP contribution < -0.4 is 5.32 Å². The van der Waals surface area contributed by atoms with E-state index >= 15 is 0 Å². The van der Waals surface area contributed by atoms with Crippen molar-refractivity contribution in [3.8, 4) is 0 Å². The molecule has 4 heteroatoms. The van der Waals surface area contributed by atoms with E-state index in [1.807, 2.05) is 18.2 Å². The van der Waals surface area contributed by atoms with E-state index in [4.69, 9.17) is 0 Å². The monoisotopic (exact) mass is 335 g/mol. The minimum atomic E-state index is 0.113. The third kappa shape index (κ3) is 5.39. The van der Waals surface area contributed by atoms with Gasteiger partial charge in [-0.1, -0.05) is 50.2 Å². The van der Waals surface area contributed by atoms with Crippen molar-refractivity contribution in [1.29, 1.82) is 0 Å². The summed E-state index contributed by atoms with van der Waals surface area (Å²) in [6.45, 7) is 5.26. The summed E-state index contributed by atoms with van der Waals surface area (Å²) in [6, 6.07) is 16.3. The van der Waals surface area contributed by atoms with Gasteiger partial charge >= 0.3 is 0 Å². The van der Waals surface area contributed by atoms with Crippen LogP contribution in [0.25, 0.3) is 0 Å².